The highest BCUT2D eigenvalue weighted by molar-refractivity contribution is 8.00. The van der Waals surface area contributed by atoms with Gasteiger partial charge in [-0.2, -0.15) is 0 Å². The second kappa shape index (κ2) is 5.98. The van der Waals surface area contributed by atoms with Crippen LogP contribution in [0.1, 0.15) is 30.9 Å². The van der Waals surface area contributed by atoms with Gasteiger partial charge in [-0.1, -0.05) is 42.1 Å². The van der Waals surface area contributed by atoms with Gasteiger partial charge < -0.3 is 5.32 Å². The monoisotopic (exact) mass is 353 g/mol. The number of carbonyl (C=O) groups is 1. The number of amides is 1. The summed E-state index contributed by atoms with van der Waals surface area (Å²) < 4.78 is 1.95. The Morgan fingerprint density at radius 2 is 2.12 bits per heavy atom. The van der Waals surface area contributed by atoms with Gasteiger partial charge in [-0.25, -0.2) is 4.68 Å². The highest BCUT2D eigenvalue weighted by Crippen LogP contribution is 2.47. The number of nitrogens with zero attached hydrogens (tertiary/aromatic N) is 4. The predicted octanol–water partition coefficient (Wildman–Crippen LogP) is 2.86. The van der Waals surface area contributed by atoms with Crippen molar-refractivity contribution in [2.45, 2.75) is 42.1 Å². The van der Waals surface area contributed by atoms with E-state index in [1.165, 1.54) is 23.7 Å². The Labute approximate surface area is 150 Å². The van der Waals surface area contributed by atoms with Gasteiger partial charge in [0.1, 0.15) is 0 Å². The first-order valence-electron chi connectivity index (χ1n) is 8.79. The Kier molecular flexibility index (Phi) is 3.62. The van der Waals surface area contributed by atoms with E-state index < -0.39 is 0 Å². The fourth-order valence-electron chi connectivity index (χ4n) is 4.23. The van der Waals surface area contributed by atoms with Crippen molar-refractivity contribution in [1.82, 2.24) is 20.2 Å². The Balaban J connectivity index is 1.36. The number of aryl methyl sites for hydroxylation is 1. The van der Waals surface area contributed by atoms with Crippen LogP contribution in [0, 0.1) is 11.8 Å². The molecule has 2 aromatic rings. The van der Waals surface area contributed by atoms with E-state index in [0.29, 0.717) is 17.9 Å². The average Bonchev–Trinajstić information content (AvgIpc) is 3.33. The van der Waals surface area contributed by atoms with Crippen LogP contribution < -0.4 is 5.32 Å². The van der Waals surface area contributed by atoms with Gasteiger partial charge in [0.05, 0.1) is 11.3 Å². The third-order valence-electron chi connectivity index (χ3n) is 5.51. The zero-order chi connectivity index (χ0) is 16.8. The smallest absolute Gasteiger partial charge is 0.237 e. The largest absolute Gasteiger partial charge is 0.325 e. The maximum Gasteiger partial charge on any atom is 0.237 e. The third-order valence-corrected chi connectivity index (χ3v) is 6.73. The quantitative estimate of drug-likeness (QED) is 0.859. The van der Waals surface area contributed by atoms with Gasteiger partial charge in [-0.05, 0) is 59.6 Å². The lowest BCUT2D eigenvalue weighted by Crippen LogP contribution is -2.25. The van der Waals surface area contributed by atoms with E-state index in [4.69, 9.17) is 0 Å². The van der Waals surface area contributed by atoms with E-state index in [0.717, 1.165) is 30.1 Å². The number of anilines is 1. The van der Waals surface area contributed by atoms with Gasteiger partial charge in [-0.3, -0.25) is 4.79 Å². The first kappa shape index (κ1) is 15.1. The molecule has 7 heteroatoms. The van der Waals surface area contributed by atoms with Crippen LogP contribution in [-0.2, 0) is 11.2 Å². The molecule has 128 valence electrons. The number of rotatable bonds is 3. The summed E-state index contributed by atoms with van der Waals surface area (Å²) >= 11 is 1.49. The summed E-state index contributed by atoms with van der Waals surface area (Å²) in [7, 11) is 0. The molecule has 2 heterocycles. The first-order chi connectivity index (χ1) is 12.3. The summed E-state index contributed by atoms with van der Waals surface area (Å²) in [4.78, 5) is 12.6. The highest BCUT2D eigenvalue weighted by Gasteiger charge is 2.39. The van der Waals surface area contributed by atoms with E-state index in [2.05, 4.69) is 39.1 Å². The Morgan fingerprint density at radius 1 is 1.20 bits per heavy atom. The van der Waals surface area contributed by atoms with Crippen molar-refractivity contribution in [2.24, 2.45) is 11.8 Å². The summed E-state index contributed by atoms with van der Waals surface area (Å²) in [5, 5.41) is 16.0. The molecule has 5 rings (SSSR count). The molecule has 2 aliphatic carbocycles. The lowest BCUT2D eigenvalue weighted by Gasteiger charge is -2.20. The molecule has 6 nitrogen and oxygen atoms in total. The Hall–Kier alpha value is -2.15. The lowest BCUT2D eigenvalue weighted by molar-refractivity contribution is -0.115. The second-order valence-corrected chi connectivity index (χ2v) is 8.22. The van der Waals surface area contributed by atoms with Gasteiger partial charge in [-0.15, -0.1) is 5.10 Å². The molecule has 1 fully saturated rings. The highest BCUT2D eigenvalue weighted by atomic mass is 32.2. The normalized spacial score (nSPS) is 30.2. The first-order valence-corrected chi connectivity index (χ1v) is 9.67. The number of hydrogen-bond acceptors (Lipinski definition) is 5. The minimum absolute atomic E-state index is 0.0392. The van der Waals surface area contributed by atoms with Crippen LogP contribution in [0.3, 0.4) is 0 Å². The van der Waals surface area contributed by atoms with Crippen LogP contribution >= 0.6 is 11.8 Å². The lowest BCUT2D eigenvalue weighted by atomic mass is 10.0. The number of benzene rings is 1. The zero-order valence-corrected chi connectivity index (χ0v) is 14.5. The van der Waals surface area contributed by atoms with Crippen molar-refractivity contribution in [2.75, 3.05) is 5.32 Å². The number of thioether (sulfide) groups is 1. The molecule has 1 aromatic heterocycles. The number of fused-ring (bicyclic) bond motifs is 3. The maximum absolute atomic E-state index is 12.6. The number of allylic oxidation sites excluding steroid dienone is 2. The van der Waals surface area contributed by atoms with Crippen LogP contribution in [0.25, 0.3) is 0 Å². The van der Waals surface area contributed by atoms with Crippen LogP contribution in [0.4, 0.5) is 5.69 Å². The van der Waals surface area contributed by atoms with Gasteiger partial charge in [0.2, 0.25) is 11.1 Å². The Morgan fingerprint density at radius 3 is 2.96 bits per heavy atom. The molecule has 0 spiro atoms. The van der Waals surface area contributed by atoms with Crippen LogP contribution in [0.2, 0.25) is 0 Å². The second-order valence-electron chi connectivity index (χ2n) is 7.05. The van der Waals surface area contributed by atoms with Crippen molar-refractivity contribution < 1.29 is 4.79 Å². The molecular weight excluding hydrogens is 334 g/mol. The molecule has 0 radical (unpaired) electrons. The number of hydrogen-bond donors (Lipinski definition) is 1. The summed E-state index contributed by atoms with van der Waals surface area (Å²) in [5.74, 6) is 1.23. The molecule has 25 heavy (non-hydrogen) atoms. The van der Waals surface area contributed by atoms with Crippen LogP contribution in [0.5, 0.6) is 0 Å². The zero-order valence-electron chi connectivity index (χ0n) is 13.7. The molecular formula is C18H19N5OS. The van der Waals surface area contributed by atoms with Crippen molar-refractivity contribution >= 4 is 23.4 Å². The molecule has 1 amide bonds. The minimum atomic E-state index is -0.175. The fourth-order valence-corrected chi connectivity index (χ4v) is 5.25. The van der Waals surface area contributed by atoms with E-state index in [-0.39, 0.29) is 11.2 Å². The number of tetrazole rings is 1. The maximum atomic E-state index is 12.6. The van der Waals surface area contributed by atoms with E-state index in [9.17, 15) is 4.79 Å². The van der Waals surface area contributed by atoms with E-state index in [1.807, 2.05) is 22.9 Å². The number of nitrogens with one attached hydrogen (secondary N) is 1. The van der Waals surface area contributed by atoms with Gasteiger partial charge in [0, 0.05) is 5.69 Å². The Bertz CT molecular complexity index is 847. The topological polar surface area (TPSA) is 72.7 Å². The summed E-state index contributed by atoms with van der Waals surface area (Å²) in [6, 6.07) is 8.34. The molecule has 0 saturated heterocycles. The fraction of sp³-hybridized carbons (Fsp3) is 0.444. The summed E-state index contributed by atoms with van der Waals surface area (Å²) in [5.41, 5.74) is 2.12. The minimum Gasteiger partial charge on any atom is -0.325 e. The van der Waals surface area contributed by atoms with Crippen LogP contribution in [-0.4, -0.2) is 31.4 Å². The van der Waals surface area contributed by atoms with Gasteiger partial charge in [0.15, 0.2) is 0 Å². The molecule has 3 aliphatic rings. The van der Waals surface area contributed by atoms with Gasteiger partial charge in [0.25, 0.3) is 0 Å². The molecule has 1 N–H and O–H groups in total. The predicted molar refractivity (Wildman–Crippen MR) is 95.2 cm³/mol. The number of para-hydroxylation sites is 1. The van der Waals surface area contributed by atoms with E-state index >= 15 is 0 Å². The number of carbonyl (C=O) groups excluding carboxylic acids is 1. The van der Waals surface area contributed by atoms with E-state index in [1.54, 1.807) is 0 Å². The van der Waals surface area contributed by atoms with Gasteiger partial charge >= 0.3 is 0 Å². The van der Waals surface area contributed by atoms with Crippen molar-refractivity contribution in [3.05, 3.63) is 42.0 Å². The standard InChI is InChI=1S/C18H19N5OS/c24-17-16(8-7-12-3-1-2-4-14(12)19-17)25-18-20-21-22-23(18)15-10-11-5-6-13(15)9-11/h1-6,11,13,15-16H,7-10H2,(H,19,24)/t11-,13-,15-,16-/m0/s1. The molecule has 4 atom stereocenters. The van der Waals surface area contributed by atoms with Crippen molar-refractivity contribution in [3.63, 3.8) is 0 Å². The van der Waals surface area contributed by atoms with Crippen molar-refractivity contribution in [3.8, 4) is 0 Å². The summed E-state index contributed by atoms with van der Waals surface area (Å²) in [6.07, 6.45) is 8.58. The molecule has 1 aliphatic heterocycles. The van der Waals surface area contributed by atoms with Crippen molar-refractivity contribution in [1.29, 1.82) is 0 Å². The summed E-state index contributed by atoms with van der Waals surface area (Å²) in [6.45, 7) is 0. The number of aromatic nitrogens is 4. The third kappa shape index (κ3) is 2.66. The average molecular weight is 353 g/mol. The molecule has 1 saturated carbocycles. The molecule has 2 bridgehead atoms. The molecule has 1 aromatic carbocycles. The molecule has 0 unspecified atom stereocenters. The van der Waals surface area contributed by atoms with Crippen LogP contribution in [0.15, 0.2) is 41.6 Å². The SMILES string of the molecule is O=C1Nc2ccccc2CC[C@@H]1Sc1nnnn1[C@H]1C[C@H]2C=C[C@H]1C2.